The molecule has 0 amide bonds. The Morgan fingerprint density at radius 1 is 1.11 bits per heavy atom. The number of hydrogen-bond donors (Lipinski definition) is 1. The molecule has 4 nitrogen and oxygen atoms in total. The van der Waals surface area contributed by atoms with Crippen molar-refractivity contribution >= 4 is 0 Å². The topological polar surface area (TPSA) is 39.7 Å². The summed E-state index contributed by atoms with van der Waals surface area (Å²) in [6.07, 6.45) is 0. The molecule has 1 unspecified atom stereocenters. The number of hydrogen-bond acceptors (Lipinski definition) is 4. The number of fused-ring (bicyclic) bond motifs is 1. The van der Waals surface area contributed by atoms with Gasteiger partial charge in [0.25, 0.3) is 0 Å². The van der Waals surface area contributed by atoms with Crippen LogP contribution in [0.5, 0.6) is 17.2 Å². The Bertz CT molecular complexity index is 457. The minimum Gasteiger partial charge on any atom is -0.496 e. The third-order valence-electron chi connectivity index (χ3n) is 3.84. The Kier molecular flexibility index (Phi) is 4.20. The molecule has 0 saturated carbocycles. The van der Waals surface area contributed by atoms with E-state index in [2.05, 4.69) is 19.2 Å². The molecular weight excluding hydrogens is 242 g/mol. The van der Waals surface area contributed by atoms with E-state index in [0.29, 0.717) is 11.8 Å². The number of ether oxygens (including phenoxy) is 3. The van der Waals surface area contributed by atoms with Crippen molar-refractivity contribution in [3.8, 4) is 17.2 Å². The lowest BCUT2D eigenvalue weighted by Gasteiger charge is -2.32. The lowest BCUT2D eigenvalue weighted by atomic mass is 9.82. The van der Waals surface area contributed by atoms with Crippen LogP contribution < -0.4 is 19.5 Å². The van der Waals surface area contributed by atoms with Crippen LogP contribution in [0.3, 0.4) is 0 Å². The number of nitrogens with one attached hydrogen (secondary N) is 1. The maximum atomic E-state index is 5.57. The normalized spacial score (nSPS) is 18.1. The highest BCUT2D eigenvalue weighted by Crippen LogP contribution is 2.45. The van der Waals surface area contributed by atoms with E-state index in [4.69, 9.17) is 14.2 Å². The molecule has 0 fully saturated rings. The molecule has 0 radical (unpaired) electrons. The van der Waals surface area contributed by atoms with Crippen LogP contribution in [-0.4, -0.2) is 27.9 Å². The molecule has 0 aromatic heterocycles. The molecular formula is C15H23NO3. The van der Waals surface area contributed by atoms with E-state index in [0.717, 1.165) is 35.9 Å². The second-order valence-corrected chi connectivity index (χ2v) is 5.19. The monoisotopic (exact) mass is 265 g/mol. The van der Waals surface area contributed by atoms with Gasteiger partial charge in [0, 0.05) is 36.2 Å². The van der Waals surface area contributed by atoms with Crippen molar-refractivity contribution in [2.24, 2.45) is 5.92 Å². The summed E-state index contributed by atoms with van der Waals surface area (Å²) < 4.78 is 16.5. The first-order valence-corrected chi connectivity index (χ1v) is 6.66. The van der Waals surface area contributed by atoms with Gasteiger partial charge in [-0.15, -0.1) is 0 Å². The molecule has 1 aromatic rings. The SMILES string of the molecule is COc1cc(OC)c2c(c1OC)CNCC2C(C)C. The summed E-state index contributed by atoms with van der Waals surface area (Å²) in [5, 5.41) is 3.46. The number of methoxy groups -OCH3 is 3. The van der Waals surface area contributed by atoms with Gasteiger partial charge >= 0.3 is 0 Å². The van der Waals surface area contributed by atoms with Gasteiger partial charge < -0.3 is 19.5 Å². The molecule has 1 aliphatic rings. The lowest BCUT2D eigenvalue weighted by Crippen LogP contribution is -2.31. The van der Waals surface area contributed by atoms with Gasteiger partial charge in [0.15, 0.2) is 11.5 Å². The van der Waals surface area contributed by atoms with Gasteiger partial charge in [-0.2, -0.15) is 0 Å². The smallest absolute Gasteiger partial charge is 0.165 e. The molecule has 2 rings (SSSR count). The highest BCUT2D eigenvalue weighted by molar-refractivity contribution is 5.59. The Labute approximate surface area is 115 Å². The zero-order chi connectivity index (χ0) is 14.0. The second-order valence-electron chi connectivity index (χ2n) is 5.19. The van der Waals surface area contributed by atoms with Crippen LogP contribution >= 0.6 is 0 Å². The molecule has 4 heteroatoms. The molecule has 106 valence electrons. The summed E-state index contributed by atoms with van der Waals surface area (Å²) in [4.78, 5) is 0. The fourth-order valence-corrected chi connectivity index (χ4v) is 2.83. The molecule has 0 spiro atoms. The van der Waals surface area contributed by atoms with E-state index in [1.54, 1.807) is 21.3 Å². The molecule has 1 atom stereocenters. The van der Waals surface area contributed by atoms with E-state index in [9.17, 15) is 0 Å². The molecule has 1 aromatic carbocycles. The van der Waals surface area contributed by atoms with E-state index < -0.39 is 0 Å². The van der Waals surface area contributed by atoms with Crippen molar-refractivity contribution in [1.82, 2.24) is 5.32 Å². The highest BCUT2D eigenvalue weighted by Gasteiger charge is 2.30. The third-order valence-corrected chi connectivity index (χ3v) is 3.84. The number of rotatable bonds is 4. The summed E-state index contributed by atoms with van der Waals surface area (Å²) in [5.41, 5.74) is 2.41. The van der Waals surface area contributed by atoms with E-state index in [1.807, 2.05) is 6.07 Å². The Morgan fingerprint density at radius 3 is 2.32 bits per heavy atom. The Balaban J connectivity index is 2.65. The van der Waals surface area contributed by atoms with Crippen LogP contribution in [-0.2, 0) is 6.54 Å². The van der Waals surface area contributed by atoms with Gasteiger partial charge in [-0.3, -0.25) is 0 Å². The van der Waals surface area contributed by atoms with Gasteiger partial charge in [-0.05, 0) is 5.92 Å². The quantitative estimate of drug-likeness (QED) is 0.908. The molecule has 1 heterocycles. The van der Waals surface area contributed by atoms with Crippen molar-refractivity contribution in [2.75, 3.05) is 27.9 Å². The summed E-state index contributed by atoms with van der Waals surface area (Å²) in [6.45, 7) is 6.22. The zero-order valence-corrected chi connectivity index (χ0v) is 12.4. The van der Waals surface area contributed by atoms with Crippen molar-refractivity contribution in [3.63, 3.8) is 0 Å². The van der Waals surface area contributed by atoms with E-state index >= 15 is 0 Å². The summed E-state index contributed by atoms with van der Waals surface area (Å²) in [5.74, 6) is 3.41. The fourth-order valence-electron chi connectivity index (χ4n) is 2.83. The van der Waals surface area contributed by atoms with Crippen molar-refractivity contribution in [1.29, 1.82) is 0 Å². The first kappa shape index (κ1) is 14.0. The molecule has 0 aliphatic carbocycles. The molecule has 19 heavy (non-hydrogen) atoms. The average molecular weight is 265 g/mol. The van der Waals surface area contributed by atoms with Gasteiger partial charge in [-0.1, -0.05) is 13.8 Å². The summed E-state index contributed by atoms with van der Waals surface area (Å²) >= 11 is 0. The second kappa shape index (κ2) is 5.70. The Hall–Kier alpha value is -1.42. The van der Waals surface area contributed by atoms with Crippen LogP contribution in [0.1, 0.15) is 30.9 Å². The minimum atomic E-state index is 0.429. The first-order valence-electron chi connectivity index (χ1n) is 6.66. The standard InChI is InChI=1S/C15H23NO3/c1-9(2)10-7-16-8-11-14(10)12(17-3)6-13(18-4)15(11)19-5/h6,9-10,16H,7-8H2,1-5H3. The molecule has 1 aliphatic heterocycles. The summed E-state index contributed by atoms with van der Waals surface area (Å²) in [6, 6.07) is 1.93. The van der Waals surface area contributed by atoms with Crippen LogP contribution in [0.15, 0.2) is 6.07 Å². The van der Waals surface area contributed by atoms with Crippen molar-refractivity contribution in [2.45, 2.75) is 26.3 Å². The molecule has 0 saturated heterocycles. The van der Waals surface area contributed by atoms with Crippen molar-refractivity contribution in [3.05, 3.63) is 17.2 Å². The summed E-state index contributed by atoms with van der Waals surface area (Å²) in [7, 11) is 5.05. The zero-order valence-electron chi connectivity index (χ0n) is 12.4. The van der Waals surface area contributed by atoms with E-state index in [-0.39, 0.29) is 0 Å². The highest BCUT2D eigenvalue weighted by atomic mass is 16.5. The van der Waals surface area contributed by atoms with Crippen LogP contribution in [0.4, 0.5) is 0 Å². The van der Waals surface area contributed by atoms with Gasteiger partial charge in [0.1, 0.15) is 5.75 Å². The maximum Gasteiger partial charge on any atom is 0.165 e. The third kappa shape index (κ3) is 2.37. The fraction of sp³-hybridized carbons (Fsp3) is 0.600. The maximum absolute atomic E-state index is 5.57. The molecule has 1 N–H and O–H groups in total. The Morgan fingerprint density at radius 2 is 1.79 bits per heavy atom. The number of benzene rings is 1. The van der Waals surface area contributed by atoms with Gasteiger partial charge in [0.05, 0.1) is 21.3 Å². The largest absolute Gasteiger partial charge is 0.496 e. The van der Waals surface area contributed by atoms with Crippen LogP contribution in [0.2, 0.25) is 0 Å². The lowest BCUT2D eigenvalue weighted by molar-refractivity contribution is 0.330. The van der Waals surface area contributed by atoms with Gasteiger partial charge in [-0.25, -0.2) is 0 Å². The van der Waals surface area contributed by atoms with Crippen molar-refractivity contribution < 1.29 is 14.2 Å². The van der Waals surface area contributed by atoms with E-state index in [1.165, 1.54) is 5.56 Å². The predicted octanol–water partition coefficient (Wildman–Crippen LogP) is 2.56. The first-order chi connectivity index (χ1) is 9.13. The van der Waals surface area contributed by atoms with Crippen LogP contribution in [0, 0.1) is 5.92 Å². The average Bonchev–Trinajstić information content (AvgIpc) is 2.44. The minimum absolute atomic E-state index is 0.429. The van der Waals surface area contributed by atoms with Crippen LogP contribution in [0.25, 0.3) is 0 Å². The predicted molar refractivity (Wildman–Crippen MR) is 75.4 cm³/mol. The molecule has 0 bridgehead atoms. The van der Waals surface area contributed by atoms with Gasteiger partial charge in [0.2, 0.25) is 0 Å².